The van der Waals surface area contributed by atoms with E-state index in [1.54, 1.807) is 31.2 Å². The molecule has 7 heteroatoms. The molecule has 3 rings (SSSR count). The maximum absolute atomic E-state index is 12.1. The average molecular weight is 324 g/mol. The van der Waals surface area contributed by atoms with E-state index in [4.69, 9.17) is 16.3 Å². The second-order valence-electron chi connectivity index (χ2n) is 4.92. The summed E-state index contributed by atoms with van der Waals surface area (Å²) in [7, 11) is 0. The van der Waals surface area contributed by atoms with Crippen LogP contribution in [0.5, 0.6) is 5.75 Å². The average Bonchev–Trinajstić information content (AvgIpc) is 3.22. The molecule has 1 saturated carbocycles. The minimum Gasteiger partial charge on any atom is -0.481 e. The van der Waals surface area contributed by atoms with Gasteiger partial charge in [0.2, 0.25) is 5.13 Å². The maximum Gasteiger partial charge on any atom is 0.266 e. The predicted molar refractivity (Wildman–Crippen MR) is 82.1 cm³/mol. The summed E-state index contributed by atoms with van der Waals surface area (Å²) in [6.07, 6.45) is 1.71. The third kappa shape index (κ3) is 3.71. The molecule has 0 spiro atoms. The van der Waals surface area contributed by atoms with Gasteiger partial charge in [0.1, 0.15) is 10.8 Å². The van der Waals surface area contributed by atoms with Crippen molar-refractivity contribution in [1.29, 1.82) is 0 Å². The van der Waals surface area contributed by atoms with Crippen molar-refractivity contribution in [2.45, 2.75) is 31.8 Å². The lowest BCUT2D eigenvalue weighted by Crippen LogP contribution is -2.30. The van der Waals surface area contributed by atoms with Crippen molar-refractivity contribution in [2.75, 3.05) is 5.32 Å². The fourth-order valence-corrected chi connectivity index (χ4v) is 2.80. The van der Waals surface area contributed by atoms with E-state index >= 15 is 0 Å². The van der Waals surface area contributed by atoms with E-state index in [-0.39, 0.29) is 5.91 Å². The van der Waals surface area contributed by atoms with Gasteiger partial charge < -0.3 is 4.74 Å². The highest BCUT2D eigenvalue weighted by Gasteiger charge is 2.28. The van der Waals surface area contributed by atoms with Crippen LogP contribution in [0.25, 0.3) is 0 Å². The molecule has 0 radical (unpaired) electrons. The Morgan fingerprint density at radius 3 is 2.76 bits per heavy atom. The lowest BCUT2D eigenvalue weighted by Gasteiger charge is -2.13. The van der Waals surface area contributed by atoms with Crippen LogP contribution in [-0.4, -0.2) is 22.2 Å². The van der Waals surface area contributed by atoms with E-state index in [9.17, 15) is 4.79 Å². The number of ether oxygens (including phenoxy) is 1. The summed E-state index contributed by atoms with van der Waals surface area (Å²) in [5.41, 5.74) is 0. The van der Waals surface area contributed by atoms with Crippen LogP contribution in [0, 0.1) is 0 Å². The van der Waals surface area contributed by atoms with Gasteiger partial charge in [-0.05, 0) is 44.0 Å². The van der Waals surface area contributed by atoms with Crippen LogP contribution in [0.15, 0.2) is 24.3 Å². The fraction of sp³-hybridized carbons (Fsp3) is 0.357. The highest BCUT2D eigenvalue weighted by molar-refractivity contribution is 7.15. The minimum absolute atomic E-state index is 0.247. The van der Waals surface area contributed by atoms with Crippen LogP contribution >= 0.6 is 22.9 Å². The number of carbonyl (C=O) groups excluding carboxylic acids is 1. The number of anilines is 1. The number of rotatable bonds is 5. The van der Waals surface area contributed by atoms with Crippen molar-refractivity contribution in [1.82, 2.24) is 10.2 Å². The summed E-state index contributed by atoms with van der Waals surface area (Å²) in [6, 6.07) is 6.88. The Labute approximate surface area is 131 Å². The van der Waals surface area contributed by atoms with Crippen molar-refractivity contribution in [3.05, 3.63) is 34.3 Å². The highest BCUT2D eigenvalue weighted by atomic mass is 35.5. The molecule has 1 aromatic carbocycles. The van der Waals surface area contributed by atoms with Crippen molar-refractivity contribution in [2.24, 2.45) is 0 Å². The van der Waals surface area contributed by atoms with E-state index in [1.165, 1.54) is 24.2 Å². The normalized spacial score (nSPS) is 15.5. The van der Waals surface area contributed by atoms with E-state index in [0.29, 0.717) is 21.8 Å². The molecule has 110 valence electrons. The number of nitrogens with one attached hydrogen (secondary N) is 1. The minimum atomic E-state index is -0.626. The first-order valence-electron chi connectivity index (χ1n) is 6.68. The summed E-state index contributed by atoms with van der Waals surface area (Å²) in [4.78, 5) is 12.1. The van der Waals surface area contributed by atoms with Gasteiger partial charge in [0.25, 0.3) is 5.91 Å². The van der Waals surface area contributed by atoms with E-state index in [1.807, 2.05) is 0 Å². The molecule has 1 heterocycles. The van der Waals surface area contributed by atoms with Crippen molar-refractivity contribution in [3.8, 4) is 5.75 Å². The maximum atomic E-state index is 12.1. The van der Waals surface area contributed by atoms with Gasteiger partial charge in [-0.3, -0.25) is 10.1 Å². The molecule has 1 aliphatic rings. The SMILES string of the molecule is CC(Oc1ccc(Cl)cc1)C(=O)Nc1nnc(C2CC2)s1. The molecule has 0 aliphatic heterocycles. The monoisotopic (exact) mass is 323 g/mol. The Balaban J connectivity index is 1.57. The van der Waals surface area contributed by atoms with E-state index in [0.717, 1.165) is 5.01 Å². The van der Waals surface area contributed by atoms with Crippen molar-refractivity contribution in [3.63, 3.8) is 0 Å². The van der Waals surface area contributed by atoms with Crippen LogP contribution < -0.4 is 10.1 Å². The molecule has 1 N–H and O–H groups in total. The predicted octanol–water partition coefficient (Wildman–Crippen LogP) is 3.47. The molecule has 0 saturated heterocycles. The quantitative estimate of drug-likeness (QED) is 0.915. The van der Waals surface area contributed by atoms with Gasteiger partial charge in [-0.2, -0.15) is 0 Å². The number of hydrogen-bond acceptors (Lipinski definition) is 5. The highest BCUT2D eigenvalue weighted by Crippen LogP contribution is 2.42. The third-order valence-electron chi connectivity index (χ3n) is 3.09. The Kier molecular flexibility index (Phi) is 4.07. The lowest BCUT2D eigenvalue weighted by molar-refractivity contribution is -0.122. The standard InChI is InChI=1S/C14H14ClN3O2S/c1-8(20-11-6-4-10(15)5-7-11)12(19)16-14-18-17-13(21-14)9-2-3-9/h4-9H,2-3H2,1H3,(H,16,18,19). The third-order valence-corrected chi connectivity index (χ3v) is 4.35. The largest absolute Gasteiger partial charge is 0.481 e. The number of nitrogens with zero attached hydrogens (tertiary/aromatic N) is 2. The zero-order valence-electron chi connectivity index (χ0n) is 11.4. The molecule has 1 unspecified atom stereocenters. The Morgan fingerprint density at radius 2 is 2.10 bits per heavy atom. The zero-order valence-corrected chi connectivity index (χ0v) is 12.9. The number of hydrogen-bond donors (Lipinski definition) is 1. The van der Waals surface area contributed by atoms with Gasteiger partial charge >= 0.3 is 0 Å². The van der Waals surface area contributed by atoms with Gasteiger partial charge in [0.05, 0.1) is 0 Å². The molecule has 5 nitrogen and oxygen atoms in total. The molecular weight excluding hydrogens is 310 g/mol. The van der Waals surface area contributed by atoms with Crippen molar-refractivity contribution < 1.29 is 9.53 Å². The van der Waals surface area contributed by atoms with Gasteiger partial charge in [0.15, 0.2) is 6.10 Å². The van der Waals surface area contributed by atoms with Crippen molar-refractivity contribution >= 4 is 34.0 Å². The molecule has 1 amide bonds. The van der Waals surface area contributed by atoms with Crippen LogP contribution in [0.3, 0.4) is 0 Å². The number of halogens is 1. The van der Waals surface area contributed by atoms with Crippen LogP contribution in [0.4, 0.5) is 5.13 Å². The molecule has 1 fully saturated rings. The number of carbonyl (C=O) groups is 1. The first-order valence-corrected chi connectivity index (χ1v) is 7.88. The lowest BCUT2D eigenvalue weighted by atomic mass is 10.3. The van der Waals surface area contributed by atoms with Crippen LogP contribution in [0.2, 0.25) is 5.02 Å². The van der Waals surface area contributed by atoms with Gasteiger partial charge in [-0.1, -0.05) is 22.9 Å². The molecule has 1 aliphatic carbocycles. The van der Waals surface area contributed by atoms with E-state index in [2.05, 4.69) is 15.5 Å². The van der Waals surface area contributed by atoms with Gasteiger partial charge in [0, 0.05) is 10.9 Å². The Hall–Kier alpha value is -1.66. The first kappa shape index (κ1) is 14.3. The molecule has 1 atom stereocenters. The topological polar surface area (TPSA) is 64.1 Å². The van der Waals surface area contributed by atoms with E-state index < -0.39 is 6.10 Å². The Bertz CT molecular complexity index is 640. The van der Waals surface area contributed by atoms with Gasteiger partial charge in [-0.25, -0.2) is 0 Å². The van der Waals surface area contributed by atoms with Gasteiger partial charge in [-0.15, -0.1) is 10.2 Å². The summed E-state index contributed by atoms with van der Waals surface area (Å²) in [5, 5.41) is 12.9. The number of aromatic nitrogens is 2. The van der Waals surface area contributed by atoms with Crippen LogP contribution in [-0.2, 0) is 4.79 Å². The smallest absolute Gasteiger partial charge is 0.266 e. The zero-order chi connectivity index (χ0) is 14.8. The molecule has 1 aromatic heterocycles. The summed E-state index contributed by atoms with van der Waals surface area (Å²) < 4.78 is 5.56. The summed E-state index contributed by atoms with van der Waals surface area (Å²) in [6.45, 7) is 1.69. The Morgan fingerprint density at radius 1 is 1.38 bits per heavy atom. The second kappa shape index (κ2) is 5.99. The molecule has 0 bridgehead atoms. The molecular formula is C14H14ClN3O2S. The summed E-state index contributed by atoms with van der Waals surface area (Å²) >= 11 is 7.23. The first-order chi connectivity index (χ1) is 10.1. The molecule has 21 heavy (non-hydrogen) atoms. The second-order valence-corrected chi connectivity index (χ2v) is 6.37. The number of amides is 1. The molecule has 2 aromatic rings. The fourth-order valence-electron chi connectivity index (χ4n) is 1.76. The number of benzene rings is 1. The summed E-state index contributed by atoms with van der Waals surface area (Å²) in [5.74, 6) is 0.886. The van der Waals surface area contributed by atoms with Crippen LogP contribution in [0.1, 0.15) is 30.7 Å².